The van der Waals surface area contributed by atoms with Crippen LogP contribution in [-0.4, -0.2) is 47.8 Å². The first-order chi connectivity index (χ1) is 16.9. The Kier molecular flexibility index (Phi) is 8.31. The second kappa shape index (κ2) is 11.6. The predicted octanol–water partition coefficient (Wildman–Crippen LogP) is 5.44. The Hall–Kier alpha value is -3.03. The van der Waals surface area contributed by atoms with Crippen molar-refractivity contribution in [1.82, 2.24) is 9.80 Å². The molecule has 1 aliphatic rings. The first kappa shape index (κ1) is 25.1. The van der Waals surface area contributed by atoms with E-state index in [4.69, 9.17) is 0 Å². The van der Waals surface area contributed by atoms with Crippen molar-refractivity contribution >= 4 is 28.8 Å². The highest BCUT2D eigenvalue weighted by molar-refractivity contribution is 7.12. The summed E-state index contributed by atoms with van der Waals surface area (Å²) in [5.41, 5.74) is 2.66. The summed E-state index contributed by atoms with van der Waals surface area (Å²) in [6, 6.07) is 18.5. The zero-order chi connectivity index (χ0) is 24.8. The zero-order valence-corrected chi connectivity index (χ0v) is 21.1. The molecular weight excluding hydrogens is 461 g/mol. The minimum Gasteiger partial charge on any atom is -0.337 e. The van der Waals surface area contributed by atoms with Crippen molar-refractivity contribution in [3.8, 4) is 0 Å². The van der Waals surface area contributed by atoms with Crippen LogP contribution in [0.4, 0.5) is 10.1 Å². The van der Waals surface area contributed by atoms with Crippen LogP contribution in [-0.2, 0) is 17.8 Å². The van der Waals surface area contributed by atoms with Crippen molar-refractivity contribution in [3.63, 3.8) is 0 Å². The molecule has 2 aromatic carbocycles. The third-order valence-electron chi connectivity index (χ3n) is 6.79. The van der Waals surface area contributed by atoms with Gasteiger partial charge in [-0.3, -0.25) is 14.5 Å². The van der Waals surface area contributed by atoms with Crippen molar-refractivity contribution in [1.29, 1.82) is 0 Å². The molecule has 184 valence electrons. The number of hydrogen-bond acceptors (Lipinski definition) is 4. The lowest BCUT2D eigenvalue weighted by Gasteiger charge is -2.40. The predicted molar refractivity (Wildman–Crippen MR) is 139 cm³/mol. The van der Waals surface area contributed by atoms with Gasteiger partial charge < -0.3 is 10.2 Å². The highest BCUT2D eigenvalue weighted by atomic mass is 32.1. The monoisotopic (exact) mass is 493 g/mol. The number of piperidine rings is 1. The number of carbonyl (C=O) groups is 2. The van der Waals surface area contributed by atoms with Crippen LogP contribution in [0.2, 0.25) is 0 Å². The Balaban J connectivity index is 1.42. The molecule has 35 heavy (non-hydrogen) atoms. The number of nitrogens with zero attached hydrogens (tertiary/aromatic N) is 2. The molecule has 0 spiro atoms. The summed E-state index contributed by atoms with van der Waals surface area (Å²) in [7, 11) is 1.86. The summed E-state index contributed by atoms with van der Waals surface area (Å²) < 4.78 is 14.5. The summed E-state index contributed by atoms with van der Waals surface area (Å²) >= 11 is 1.44. The molecule has 0 saturated carbocycles. The first-order valence-electron chi connectivity index (χ1n) is 12.0. The van der Waals surface area contributed by atoms with Gasteiger partial charge >= 0.3 is 0 Å². The fourth-order valence-electron chi connectivity index (χ4n) is 4.88. The summed E-state index contributed by atoms with van der Waals surface area (Å²) in [6.45, 7) is 4.19. The summed E-state index contributed by atoms with van der Waals surface area (Å²) in [6.07, 6.45) is 2.41. The van der Waals surface area contributed by atoms with E-state index in [0.29, 0.717) is 22.8 Å². The number of likely N-dealkylation sites (N-methyl/N-ethyl adjacent to an activating group) is 1. The molecular formula is C28H32FN3O2S. The lowest BCUT2D eigenvalue weighted by Crippen LogP contribution is -2.47. The maximum absolute atomic E-state index is 14.5. The number of anilines is 1. The van der Waals surface area contributed by atoms with Crippen molar-refractivity contribution < 1.29 is 14.0 Å². The molecule has 0 aliphatic carbocycles. The van der Waals surface area contributed by atoms with Gasteiger partial charge in [0.05, 0.1) is 4.88 Å². The van der Waals surface area contributed by atoms with Gasteiger partial charge in [-0.15, -0.1) is 11.3 Å². The quantitative estimate of drug-likeness (QED) is 0.455. The second-order valence-electron chi connectivity index (χ2n) is 9.25. The lowest BCUT2D eigenvalue weighted by molar-refractivity contribution is -0.114. The Morgan fingerprint density at radius 3 is 2.43 bits per heavy atom. The molecule has 1 aliphatic heterocycles. The number of amides is 2. The van der Waals surface area contributed by atoms with Gasteiger partial charge in [-0.05, 0) is 79.0 Å². The average molecular weight is 494 g/mol. The van der Waals surface area contributed by atoms with Crippen molar-refractivity contribution in [3.05, 3.63) is 87.9 Å². The molecule has 0 bridgehead atoms. The first-order valence-corrected chi connectivity index (χ1v) is 12.9. The van der Waals surface area contributed by atoms with Gasteiger partial charge in [0.25, 0.3) is 5.91 Å². The van der Waals surface area contributed by atoms with Gasteiger partial charge in [-0.1, -0.05) is 36.4 Å². The van der Waals surface area contributed by atoms with E-state index in [1.807, 2.05) is 65.9 Å². The Morgan fingerprint density at radius 1 is 1.09 bits per heavy atom. The topological polar surface area (TPSA) is 52.7 Å². The highest BCUT2D eigenvalue weighted by Gasteiger charge is 2.32. The fourth-order valence-corrected chi connectivity index (χ4v) is 5.59. The lowest BCUT2D eigenvalue weighted by atomic mass is 9.84. The van der Waals surface area contributed by atoms with Crippen LogP contribution < -0.4 is 5.32 Å². The van der Waals surface area contributed by atoms with Crippen LogP contribution in [0.5, 0.6) is 0 Å². The molecule has 3 aromatic rings. The molecule has 1 N–H and O–H groups in total. The Morgan fingerprint density at radius 2 is 1.80 bits per heavy atom. The third-order valence-corrected chi connectivity index (χ3v) is 7.65. The molecule has 1 atom stereocenters. The third kappa shape index (κ3) is 6.55. The smallest absolute Gasteiger partial charge is 0.263 e. The molecule has 4 rings (SSSR count). The summed E-state index contributed by atoms with van der Waals surface area (Å²) in [4.78, 5) is 29.4. The maximum atomic E-state index is 14.5. The number of nitrogens with one attached hydrogen (secondary N) is 1. The number of thiophene rings is 1. The second-order valence-corrected chi connectivity index (χ2v) is 10.2. The number of carbonyl (C=O) groups excluding carboxylic acids is 2. The van der Waals surface area contributed by atoms with Crippen LogP contribution in [0.3, 0.4) is 0 Å². The maximum Gasteiger partial charge on any atom is 0.263 e. The van der Waals surface area contributed by atoms with Crippen LogP contribution in [0, 0.1) is 11.7 Å². The van der Waals surface area contributed by atoms with E-state index >= 15 is 0 Å². The number of likely N-dealkylation sites (tertiary alicyclic amines) is 1. The van der Waals surface area contributed by atoms with Crippen LogP contribution >= 0.6 is 11.3 Å². The molecule has 0 unspecified atom stereocenters. The van der Waals surface area contributed by atoms with E-state index in [1.165, 1.54) is 29.9 Å². The van der Waals surface area contributed by atoms with E-state index in [2.05, 4.69) is 10.2 Å². The van der Waals surface area contributed by atoms with E-state index in [0.717, 1.165) is 38.2 Å². The van der Waals surface area contributed by atoms with Crippen LogP contribution in [0.25, 0.3) is 0 Å². The van der Waals surface area contributed by atoms with E-state index in [-0.39, 0.29) is 23.7 Å². The normalized spacial score (nSPS) is 15.5. The number of halogens is 1. The van der Waals surface area contributed by atoms with Gasteiger partial charge in [0.2, 0.25) is 5.91 Å². The Labute approximate surface area is 210 Å². The van der Waals surface area contributed by atoms with Gasteiger partial charge in [0.15, 0.2) is 0 Å². The number of hydrogen-bond donors (Lipinski definition) is 1. The molecule has 1 fully saturated rings. The van der Waals surface area contributed by atoms with E-state index < -0.39 is 0 Å². The van der Waals surface area contributed by atoms with Crippen LogP contribution in [0.1, 0.15) is 40.6 Å². The molecule has 1 aromatic heterocycles. The van der Waals surface area contributed by atoms with Crippen LogP contribution in [0.15, 0.2) is 66.0 Å². The minimum atomic E-state index is -0.213. The Bertz CT molecular complexity index is 1130. The molecule has 7 heteroatoms. The van der Waals surface area contributed by atoms with E-state index in [9.17, 15) is 14.0 Å². The summed E-state index contributed by atoms with van der Waals surface area (Å²) in [5, 5.41) is 4.71. The molecule has 2 amide bonds. The van der Waals surface area contributed by atoms with E-state index in [1.54, 1.807) is 6.07 Å². The van der Waals surface area contributed by atoms with Gasteiger partial charge in [-0.2, -0.15) is 0 Å². The van der Waals surface area contributed by atoms with Crippen molar-refractivity contribution in [2.45, 2.75) is 38.8 Å². The van der Waals surface area contributed by atoms with Gasteiger partial charge in [0, 0.05) is 32.2 Å². The standard InChI is InChI=1S/C28H32FN3O2S/c1-20(33)30-24-11-9-21(10-12-24)19-32-15-13-22(14-16-32)26(18-23-6-3-4-7-25(23)29)31(2)28(34)27-8-5-17-35-27/h3-12,17,22,26H,13-16,18-19H2,1-2H3,(H,30,33)/t26-/m0/s1. The average Bonchev–Trinajstić information content (AvgIpc) is 3.39. The number of benzene rings is 2. The zero-order valence-electron chi connectivity index (χ0n) is 20.2. The SMILES string of the molecule is CC(=O)Nc1ccc(CN2CCC([C@H](Cc3ccccc3F)N(C)C(=O)c3cccs3)CC2)cc1. The van der Waals surface area contributed by atoms with Crippen molar-refractivity contribution in [2.75, 3.05) is 25.5 Å². The van der Waals surface area contributed by atoms with Gasteiger partial charge in [-0.25, -0.2) is 4.39 Å². The largest absolute Gasteiger partial charge is 0.337 e. The van der Waals surface area contributed by atoms with Crippen molar-refractivity contribution in [2.24, 2.45) is 5.92 Å². The molecule has 1 saturated heterocycles. The molecule has 0 radical (unpaired) electrons. The highest BCUT2D eigenvalue weighted by Crippen LogP contribution is 2.29. The molecule has 5 nitrogen and oxygen atoms in total. The minimum absolute atomic E-state index is 0.00280. The van der Waals surface area contributed by atoms with Gasteiger partial charge in [0.1, 0.15) is 5.82 Å². The fraction of sp³-hybridized carbons (Fsp3) is 0.357. The molecule has 2 heterocycles. The number of rotatable bonds is 8. The summed E-state index contributed by atoms with van der Waals surface area (Å²) in [5.74, 6) is 0.00634.